The Morgan fingerprint density at radius 3 is 2.79 bits per heavy atom. The predicted molar refractivity (Wildman–Crippen MR) is 107 cm³/mol. The van der Waals surface area contributed by atoms with Gasteiger partial charge in [0.1, 0.15) is 17.6 Å². The smallest absolute Gasteiger partial charge is 0.249 e. The number of hydrogen-bond donors (Lipinski definition) is 2. The van der Waals surface area contributed by atoms with Gasteiger partial charge in [0.15, 0.2) is 0 Å². The summed E-state index contributed by atoms with van der Waals surface area (Å²) in [6, 6.07) is 13.8. The molecular weight excluding hydrogens is 380 g/mol. The molecule has 1 aliphatic rings. The van der Waals surface area contributed by atoms with Crippen LogP contribution < -0.4 is 15.4 Å². The van der Waals surface area contributed by atoms with Crippen molar-refractivity contribution in [1.29, 1.82) is 0 Å². The van der Waals surface area contributed by atoms with E-state index in [9.17, 15) is 9.59 Å². The third-order valence-corrected chi connectivity index (χ3v) is 4.83. The van der Waals surface area contributed by atoms with E-state index in [1.54, 1.807) is 29.1 Å². The van der Waals surface area contributed by atoms with Gasteiger partial charge in [0.25, 0.3) is 0 Å². The van der Waals surface area contributed by atoms with Crippen molar-refractivity contribution >= 4 is 34.9 Å². The molecule has 7 nitrogen and oxygen atoms in total. The average molecular weight is 397 g/mol. The minimum Gasteiger partial charge on any atom is -0.495 e. The van der Waals surface area contributed by atoms with E-state index in [2.05, 4.69) is 15.7 Å². The van der Waals surface area contributed by atoms with E-state index < -0.39 is 6.04 Å². The van der Waals surface area contributed by atoms with E-state index in [4.69, 9.17) is 16.3 Å². The van der Waals surface area contributed by atoms with Gasteiger partial charge in [-0.3, -0.25) is 9.59 Å². The molecule has 1 aromatic heterocycles. The van der Waals surface area contributed by atoms with E-state index in [-0.39, 0.29) is 18.2 Å². The fourth-order valence-electron chi connectivity index (χ4n) is 3.17. The molecule has 0 radical (unpaired) electrons. The van der Waals surface area contributed by atoms with E-state index in [1.807, 2.05) is 30.3 Å². The number of anilines is 2. The SMILES string of the molecule is COc1ccc(NC(=O)[C@H]2CC(=O)Nc3c(-c4ccccc4)cnn32)cc1Cl. The van der Waals surface area contributed by atoms with Crippen LogP contribution in [0.5, 0.6) is 5.75 Å². The molecule has 4 rings (SSSR count). The Balaban J connectivity index is 1.63. The summed E-state index contributed by atoms with van der Waals surface area (Å²) >= 11 is 6.12. The van der Waals surface area contributed by atoms with Crippen molar-refractivity contribution in [3.05, 3.63) is 59.8 Å². The van der Waals surface area contributed by atoms with Crippen LogP contribution in [0.4, 0.5) is 11.5 Å². The van der Waals surface area contributed by atoms with Crippen LogP contribution >= 0.6 is 11.6 Å². The summed E-state index contributed by atoms with van der Waals surface area (Å²) in [6.07, 6.45) is 1.65. The first kappa shape index (κ1) is 18.1. The molecule has 2 aromatic carbocycles. The molecule has 0 saturated carbocycles. The number of carbonyl (C=O) groups is 2. The molecule has 2 heterocycles. The second-order valence-corrected chi connectivity index (χ2v) is 6.73. The van der Waals surface area contributed by atoms with Gasteiger partial charge >= 0.3 is 0 Å². The molecule has 142 valence electrons. The van der Waals surface area contributed by atoms with E-state index in [1.165, 1.54) is 7.11 Å². The number of halogens is 1. The van der Waals surface area contributed by atoms with Crippen LogP contribution in [0.3, 0.4) is 0 Å². The number of ether oxygens (including phenoxy) is 1. The number of nitrogens with one attached hydrogen (secondary N) is 2. The summed E-state index contributed by atoms with van der Waals surface area (Å²) in [7, 11) is 1.52. The van der Waals surface area contributed by atoms with Crippen LogP contribution in [0, 0.1) is 0 Å². The Labute approximate surface area is 166 Å². The lowest BCUT2D eigenvalue weighted by molar-refractivity contribution is -0.125. The zero-order valence-corrected chi connectivity index (χ0v) is 15.7. The maximum Gasteiger partial charge on any atom is 0.249 e. The highest BCUT2D eigenvalue weighted by Gasteiger charge is 2.33. The first-order chi connectivity index (χ1) is 13.6. The lowest BCUT2D eigenvalue weighted by Crippen LogP contribution is -2.35. The maximum atomic E-state index is 12.9. The topological polar surface area (TPSA) is 85.2 Å². The largest absolute Gasteiger partial charge is 0.495 e. The third kappa shape index (κ3) is 3.32. The number of benzene rings is 2. The summed E-state index contributed by atoms with van der Waals surface area (Å²) in [5, 5.41) is 10.4. The van der Waals surface area contributed by atoms with Crippen molar-refractivity contribution in [3.8, 4) is 16.9 Å². The van der Waals surface area contributed by atoms with Gasteiger partial charge in [0, 0.05) is 11.3 Å². The van der Waals surface area contributed by atoms with Crippen molar-refractivity contribution in [3.63, 3.8) is 0 Å². The number of fused-ring (bicyclic) bond motifs is 1. The van der Waals surface area contributed by atoms with Crippen molar-refractivity contribution in [1.82, 2.24) is 9.78 Å². The molecular formula is C20H17ClN4O3. The van der Waals surface area contributed by atoms with E-state index in [0.29, 0.717) is 22.3 Å². The predicted octanol–water partition coefficient (Wildman–Crippen LogP) is 3.73. The molecule has 0 spiro atoms. The van der Waals surface area contributed by atoms with Gasteiger partial charge in [-0.2, -0.15) is 5.10 Å². The fourth-order valence-corrected chi connectivity index (χ4v) is 3.43. The first-order valence-corrected chi connectivity index (χ1v) is 9.02. The zero-order chi connectivity index (χ0) is 19.7. The molecule has 1 atom stereocenters. The number of amides is 2. The minimum absolute atomic E-state index is 0.00136. The Morgan fingerprint density at radius 1 is 1.29 bits per heavy atom. The molecule has 0 aliphatic carbocycles. The number of aromatic nitrogens is 2. The zero-order valence-electron chi connectivity index (χ0n) is 15.0. The quantitative estimate of drug-likeness (QED) is 0.703. The monoisotopic (exact) mass is 396 g/mol. The molecule has 1 aliphatic heterocycles. The van der Waals surface area contributed by atoms with Crippen molar-refractivity contribution < 1.29 is 14.3 Å². The van der Waals surface area contributed by atoms with Crippen LogP contribution in [-0.4, -0.2) is 28.7 Å². The van der Waals surface area contributed by atoms with Crippen molar-refractivity contribution in [2.75, 3.05) is 17.7 Å². The van der Waals surface area contributed by atoms with Crippen molar-refractivity contribution in [2.45, 2.75) is 12.5 Å². The highest BCUT2D eigenvalue weighted by molar-refractivity contribution is 6.32. The first-order valence-electron chi connectivity index (χ1n) is 8.64. The summed E-state index contributed by atoms with van der Waals surface area (Å²) in [4.78, 5) is 25.1. The van der Waals surface area contributed by atoms with Gasteiger partial charge < -0.3 is 15.4 Å². The third-order valence-electron chi connectivity index (χ3n) is 4.53. The standard InChI is InChI=1S/C20H17ClN4O3/c1-28-17-8-7-13(9-15(17)21)23-20(27)16-10-18(26)24-19-14(11-22-25(16)19)12-5-3-2-4-6-12/h2-9,11,16H,10H2,1H3,(H,23,27)(H,24,26)/t16-/m1/s1. The van der Waals surface area contributed by atoms with Crippen LogP contribution in [0.25, 0.3) is 11.1 Å². The Kier molecular flexibility index (Phi) is 4.75. The highest BCUT2D eigenvalue weighted by Crippen LogP contribution is 2.34. The number of hydrogen-bond acceptors (Lipinski definition) is 4. The molecule has 0 unspecified atom stereocenters. The normalized spacial score (nSPS) is 15.5. The molecule has 2 N–H and O–H groups in total. The number of nitrogens with zero attached hydrogens (tertiary/aromatic N) is 2. The van der Waals surface area contributed by atoms with Gasteiger partial charge in [0.05, 0.1) is 24.8 Å². The number of methoxy groups -OCH3 is 1. The van der Waals surface area contributed by atoms with Gasteiger partial charge in [-0.25, -0.2) is 4.68 Å². The second-order valence-electron chi connectivity index (χ2n) is 6.32. The number of carbonyl (C=O) groups excluding carboxylic acids is 2. The van der Waals surface area contributed by atoms with Crippen LogP contribution in [0.2, 0.25) is 5.02 Å². The molecule has 0 fully saturated rings. The van der Waals surface area contributed by atoms with Gasteiger partial charge in [-0.1, -0.05) is 41.9 Å². The maximum absolute atomic E-state index is 12.9. The van der Waals surface area contributed by atoms with Crippen LogP contribution in [0.15, 0.2) is 54.7 Å². The summed E-state index contributed by atoms with van der Waals surface area (Å²) in [5.74, 6) is 0.437. The molecule has 2 amide bonds. The summed E-state index contributed by atoms with van der Waals surface area (Å²) in [5.41, 5.74) is 2.18. The molecule has 3 aromatic rings. The molecule has 8 heteroatoms. The van der Waals surface area contributed by atoms with E-state index in [0.717, 1.165) is 11.1 Å². The summed E-state index contributed by atoms with van der Waals surface area (Å²) in [6.45, 7) is 0. The average Bonchev–Trinajstić information content (AvgIpc) is 3.11. The fraction of sp³-hybridized carbons (Fsp3) is 0.150. The lowest BCUT2D eigenvalue weighted by atomic mass is 10.1. The lowest BCUT2D eigenvalue weighted by Gasteiger charge is -2.24. The number of rotatable bonds is 4. The van der Waals surface area contributed by atoms with Crippen LogP contribution in [-0.2, 0) is 9.59 Å². The second kappa shape index (κ2) is 7.36. The Morgan fingerprint density at radius 2 is 2.07 bits per heavy atom. The minimum atomic E-state index is -0.762. The van der Waals surface area contributed by atoms with E-state index >= 15 is 0 Å². The molecule has 0 bridgehead atoms. The van der Waals surface area contributed by atoms with Crippen molar-refractivity contribution in [2.24, 2.45) is 0 Å². The Hall–Kier alpha value is -3.32. The van der Waals surface area contributed by atoms with Gasteiger partial charge in [-0.05, 0) is 23.8 Å². The molecule has 28 heavy (non-hydrogen) atoms. The molecule has 0 saturated heterocycles. The highest BCUT2D eigenvalue weighted by atomic mass is 35.5. The van der Waals surface area contributed by atoms with Crippen LogP contribution in [0.1, 0.15) is 12.5 Å². The van der Waals surface area contributed by atoms with Gasteiger partial charge in [-0.15, -0.1) is 0 Å². The Bertz CT molecular complexity index is 1050. The summed E-state index contributed by atoms with van der Waals surface area (Å²) < 4.78 is 6.66. The van der Waals surface area contributed by atoms with Gasteiger partial charge in [0.2, 0.25) is 11.8 Å².